The Labute approximate surface area is 181 Å². The minimum atomic E-state index is 0. The predicted octanol–water partition coefficient (Wildman–Crippen LogP) is 3.64. The average Bonchev–Trinajstić information content (AvgIpc) is 2.97. The lowest BCUT2D eigenvalue weighted by atomic mass is 9.89. The van der Waals surface area contributed by atoms with E-state index in [2.05, 4.69) is 71.2 Å². The maximum absolute atomic E-state index is 5.55. The van der Waals surface area contributed by atoms with E-state index in [0.29, 0.717) is 0 Å². The number of nitrogens with one attached hydrogen (secondary N) is 1. The fourth-order valence-corrected chi connectivity index (χ4v) is 4.47. The Morgan fingerprint density at radius 2 is 2.00 bits per heavy atom. The molecular formula is C17H30BrIN4OS. The Kier molecular flexibility index (Phi) is 10.2. The summed E-state index contributed by atoms with van der Waals surface area (Å²) >= 11 is 5.30. The van der Waals surface area contributed by atoms with Crippen LogP contribution in [0.5, 0.6) is 0 Å². The fraction of sp³-hybridized carbons (Fsp3) is 0.706. The number of guanidine groups is 1. The van der Waals surface area contributed by atoms with Crippen LogP contribution in [0.2, 0.25) is 0 Å². The topological polar surface area (TPSA) is 40.1 Å². The molecule has 1 N–H and O–H groups in total. The molecule has 1 aliphatic heterocycles. The molecule has 144 valence electrons. The van der Waals surface area contributed by atoms with Gasteiger partial charge in [0.25, 0.3) is 0 Å². The molecule has 1 aromatic heterocycles. The predicted molar refractivity (Wildman–Crippen MR) is 121 cm³/mol. The molecule has 0 unspecified atom stereocenters. The van der Waals surface area contributed by atoms with Gasteiger partial charge in [-0.1, -0.05) is 0 Å². The first-order valence-electron chi connectivity index (χ1n) is 8.46. The molecular weight excluding hydrogens is 515 g/mol. The maximum Gasteiger partial charge on any atom is 0.194 e. The molecule has 8 heteroatoms. The number of halogens is 2. The Morgan fingerprint density at radius 1 is 1.32 bits per heavy atom. The lowest BCUT2D eigenvalue weighted by Gasteiger charge is -2.42. The summed E-state index contributed by atoms with van der Waals surface area (Å²) in [6.45, 7) is 6.29. The van der Waals surface area contributed by atoms with Gasteiger partial charge in [0, 0.05) is 37.2 Å². The molecule has 25 heavy (non-hydrogen) atoms. The zero-order chi connectivity index (χ0) is 17.6. The number of hydrogen-bond acceptors (Lipinski definition) is 4. The quantitative estimate of drug-likeness (QED) is 0.337. The standard InChI is InChI=1S/C17H29BrN4OS.HI/c1-5-19-16(22(4)12-14-6-7-15(18)24-14)20-13-17(21(2)3)8-10-23-11-9-17;/h6-7H,5,8-13H2,1-4H3,(H,19,20);1H. The van der Waals surface area contributed by atoms with Crippen molar-refractivity contribution in [2.24, 2.45) is 4.99 Å². The van der Waals surface area contributed by atoms with Gasteiger partial charge in [0.15, 0.2) is 5.96 Å². The lowest BCUT2D eigenvalue weighted by Crippen LogP contribution is -2.51. The van der Waals surface area contributed by atoms with Gasteiger partial charge in [-0.25, -0.2) is 0 Å². The van der Waals surface area contributed by atoms with Crippen LogP contribution in [-0.2, 0) is 11.3 Å². The largest absolute Gasteiger partial charge is 0.381 e. The number of rotatable bonds is 6. The van der Waals surface area contributed by atoms with Gasteiger partial charge in [0.1, 0.15) is 0 Å². The Balaban J connectivity index is 0.00000312. The summed E-state index contributed by atoms with van der Waals surface area (Å²) in [5, 5.41) is 3.42. The van der Waals surface area contributed by atoms with Crippen LogP contribution in [0.3, 0.4) is 0 Å². The summed E-state index contributed by atoms with van der Waals surface area (Å²) in [7, 11) is 6.41. The molecule has 0 spiro atoms. The molecule has 2 heterocycles. The summed E-state index contributed by atoms with van der Waals surface area (Å²) in [5.41, 5.74) is 0.103. The van der Waals surface area contributed by atoms with Crippen LogP contribution in [0, 0.1) is 0 Å². The van der Waals surface area contributed by atoms with E-state index < -0.39 is 0 Å². The first-order valence-corrected chi connectivity index (χ1v) is 10.1. The third kappa shape index (κ3) is 6.64. The normalized spacial score (nSPS) is 17.3. The van der Waals surface area contributed by atoms with E-state index in [4.69, 9.17) is 9.73 Å². The van der Waals surface area contributed by atoms with E-state index in [1.807, 2.05) is 0 Å². The Bertz CT molecular complexity index is 547. The second kappa shape index (κ2) is 11.1. The smallest absolute Gasteiger partial charge is 0.194 e. The zero-order valence-electron chi connectivity index (χ0n) is 15.5. The van der Waals surface area contributed by atoms with Gasteiger partial charge in [0.05, 0.1) is 16.9 Å². The molecule has 0 atom stereocenters. The maximum atomic E-state index is 5.55. The average molecular weight is 545 g/mol. The summed E-state index contributed by atoms with van der Waals surface area (Å²) in [4.78, 5) is 10.8. The first kappa shape index (κ1) is 23.1. The van der Waals surface area contributed by atoms with Gasteiger partial charge >= 0.3 is 0 Å². The van der Waals surface area contributed by atoms with Crippen molar-refractivity contribution in [3.63, 3.8) is 0 Å². The lowest BCUT2D eigenvalue weighted by molar-refractivity contribution is -0.00262. The minimum absolute atomic E-state index is 0. The molecule has 0 bridgehead atoms. The highest BCUT2D eigenvalue weighted by Crippen LogP contribution is 2.26. The highest BCUT2D eigenvalue weighted by Gasteiger charge is 2.34. The first-order chi connectivity index (χ1) is 11.5. The van der Waals surface area contributed by atoms with Crippen molar-refractivity contribution < 1.29 is 4.74 Å². The summed E-state index contributed by atoms with van der Waals surface area (Å²) in [6, 6.07) is 4.26. The van der Waals surface area contributed by atoms with E-state index >= 15 is 0 Å². The molecule has 2 rings (SSSR count). The molecule has 1 aliphatic rings. The van der Waals surface area contributed by atoms with Crippen LogP contribution in [-0.4, -0.2) is 68.7 Å². The molecule has 0 aromatic carbocycles. The minimum Gasteiger partial charge on any atom is -0.381 e. The van der Waals surface area contributed by atoms with Gasteiger partial charge in [-0.3, -0.25) is 4.99 Å². The van der Waals surface area contributed by atoms with Crippen molar-refractivity contribution in [3.8, 4) is 0 Å². The van der Waals surface area contributed by atoms with Crippen LogP contribution in [0.4, 0.5) is 0 Å². The van der Waals surface area contributed by atoms with Crippen LogP contribution >= 0.6 is 51.2 Å². The number of likely N-dealkylation sites (N-methyl/N-ethyl adjacent to an activating group) is 1. The molecule has 0 radical (unpaired) electrons. The molecule has 1 saturated heterocycles. The van der Waals surface area contributed by atoms with Crippen molar-refractivity contribution in [1.29, 1.82) is 0 Å². The number of aliphatic imine (C=N–C) groups is 1. The van der Waals surface area contributed by atoms with Crippen molar-refractivity contribution in [2.45, 2.75) is 31.8 Å². The van der Waals surface area contributed by atoms with Crippen LogP contribution in [0.15, 0.2) is 20.9 Å². The van der Waals surface area contributed by atoms with Gasteiger partial charge in [-0.2, -0.15) is 0 Å². The summed E-state index contributed by atoms with van der Waals surface area (Å²) < 4.78 is 6.72. The third-order valence-corrected chi connectivity index (χ3v) is 6.22. The highest BCUT2D eigenvalue weighted by molar-refractivity contribution is 14.0. The third-order valence-electron chi connectivity index (χ3n) is 4.61. The van der Waals surface area contributed by atoms with E-state index in [1.165, 1.54) is 8.66 Å². The van der Waals surface area contributed by atoms with Gasteiger partial charge in [-0.05, 0) is 61.9 Å². The number of thiophene rings is 1. The second-order valence-corrected chi connectivity index (χ2v) is 9.01. The van der Waals surface area contributed by atoms with Crippen molar-refractivity contribution in [2.75, 3.05) is 47.4 Å². The van der Waals surface area contributed by atoms with Crippen LogP contribution < -0.4 is 5.32 Å². The SMILES string of the molecule is CCNC(=NCC1(N(C)C)CCOCC1)N(C)Cc1ccc(Br)s1.I. The van der Waals surface area contributed by atoms with Gasteiger partial charge in [0.2, 0.25) is 0 Å². The van der Waals surface area contributed by atoms with Crippen molar-refractivity contribution in [3.05, 3.63) is 20.8 Å². The monoisotopic (exact) mass is 544 g/mol. The van der Waals surface area contributed by atoms with E-state index in [-0.39, 0.29) is 29.5 Å². The molecule has 1 aromatic rings. The van der Waals surface area contributed by atoms with Crippen LogP contribution in [0.1, 0.15) is 24.6 Å². The number of hydrogen-bond donors (Lipinski definition) is 1. The number of nitrogens with zero attached hydrogens (tertiary/aromatic N) is 3. The molecule has 0 aliphatic carbocycles. The second-order valence-electron chi connectivity index (χ2n) is 6.46. The zero-order valence-corrected chi connectivity index (χ0v) is 20.3. The molecule has 0 amide bonds. The van der Waals surface area contributed by atoms with E-state index in [1.54, 1.807) is 11.3 Å². The summed E-state index contributed by atoms with van der Waals surface area (Å²) in [6.07, 6.45) is 2.06. The fourth-order valence-electron chi connectivity index (χ4n) is 2.94. The van der Waals surface area contributed by atoms with Gasteiger partial charge < -0.3 is 19.9 Å². The Hall–Kier alpha value is 0.1000. The molecule has 5 nitrogen and oxygen atoms in total. The Morgan fingerprint density at radius 3 is 2.52 bits per heavy atom. The van der Waals surface area contributed by atoms with Crippen LogP contribution in [0.25, 0.3) is 0 Å². The van der Waals surface area contributed by atoms with Crippen molar-refractivity contribution in [1.82, 2.24) is 15.1 Å². The number of ether oxygens (including phenoxy) is 1. The van der Waals surface area contributed by atoms with Gasteiger partial charge in [-0.15, -0.1) is 35.3 Å². The van der Waals surface area contributed by atoms with Crippen molar-refractivity contribution >= 4 is 57.2 Å². The molecule has 0 saturated carbocycles. The van der Waals surface area contributed by atoms with E-state index in [9.17, 15) is 0 Å². The highest BCUT2D eigenvalue weighted by atomic mass is 127. The van der Waals surface area contributed by atoms with E-state index in [0.717, 1.165) is 51.6 Å². The summed E-state index contributed by atoms with van der Waals surface area (Å²) in [5.74, 6) is 0.967. The molecule has 1 fully saturated rings.